The van der Waals surface area contributed by atoms with E-state index in [0.717, 1.165) is 22.9 Å². The number of hydrogen-bond acceptors (Lipinski definition) is 3. The smallest absolute Gasteiger partial charge is 0.255 e. The van der Waals surface area contributed by atoms with Crippen LogP contribution in [0.5, 0.6) is 5.75 Å². The first-order chi connectivity index (χ1) is 11.4. The number of nitrogens with one attached hydrogen (secondary N) is 1. The lowest BCUT2D eigenvalue weighted by Crippen LogP contribution is -2.43. The first kappa shape index (κ1) is 17.0. The zero-order chi connectivity index (χ0) is 17.4. The number of aliphatic imine (C=N–C) groups is 1. The highest BCUT2D eigenvalue weighted by molar-refractivity contribution is 6.00. The van der Waals surface area contributed by atoms with Crippen LogP contribution in [0.3, 0.4) is 0 Å². The summed E-state index contributed by atoms with van der Waals surface area (Å²) in [5.74, 6) is 2.58. The van der Waals surface area contributed by atoms with E-state index in [1.54, 1.807) is 7.11 Å². The normalized spacial score (nSPS) is 27.9. The van der Waals surface area contributed by atoms with Crippen LogP contribution in [0.2, 0.25) is 0 Å². The van der Waals surface area contributed by atoms with Gasteiger partial charge in [-0.25, -0.2) is 0 Å². The van der Waals surface area contributed by atoms with Gasteiger partial charge in [0.25, 0.3) is 5.91 Å². The van der Waals surface area contributed by atoms with Gasteiger partial charge in [0, 0.05) is 11.8 Å². The summed E-state index contributed by atoms with van der Waals surface area (Å²) in [6, 6.07) is 4.05. The van der Waals surface area contributed by atoms with E-state index in [1.807, 2.05) is 32.9 Å². The number of amides is 1. The Morgan fingerprint density at radius 1 is 1.25 bits per heavy atom. The summed E-state index contributed by atoms with van der Waals surface area (Å²) in [6.07, 6.45) is 3.83. The number of rotatable bonds is 4. The van der Waals surface area contributed by atoms with Crippen molar-refractivity contribution in [3.63, 3.8) is 0 Å². The van der Waals surface area contributed by atoms with Crippen LogP contribution in [0.1, 0.15) is 56.0 Å². The third-order valence-electron chi connectivity index (χ3n) is 5.82. The molecule has 4 nitrogen and oxygen atoms in total. The number of nitrogens with zero attached hydrogens (tertiary/aromatic N) is 1. The summed E-state index contributed by atoms with van der Waals surface area (Å²) in [5, 5.41) is 3.31. The monoisotopic (exact) mass is 328 g/mol. The lowest BCUT2D eigenvalue weighted by atomic mass is 9.85. The Hall–Kier alpha value is -1.84. The number of benzene rings is 1. The molecule has 4 heteroatoms. The molecule has 2 aliphatic rings. The first-order valence-electron chi connectivity index (χ1n) is 8.92. The lowest BCUT2D eigenvalue weighted by molar-refractivity contribution is 0.0901. The minimum absolute atomic E-state index is 0.0282. The van der Waals surface area contributed by atoms with E-state index >= 15 is 0 Å². The van der Waals surface area contributed by atoms with Crippen molar-refractivity contribution in [1.29, 1.82) is 0 Å². The van der Waals surface area contributed by atoms with Crippen LogP contribution in [0.25, 0.3) is 0 Å². The van der Waals surface area contributed by atoms with Gasteiger partial charge >= 0.3 is 0 Å². The molecule has 130 valence electrons. The summed E-state index contributed by atoms with van der Waals surface area (Å²) in [4.78, 5) is 17.6. The second-order valence-corrected chi connectivity index (χ2v) is 7.54. The minimum Gasteiger partial charge on any atom is -0.496 e. The highest BCUT2D eigenvalue weighted by atomic mass is 16.5. The van der Waals surface area contributed by atoms with Crippen LogP contribution in [-0.2, 0) is 0 Å². The van der Waals surface area contributed by atoms with Crippen molar-refractivity contribution in [2.24, 2.45) is 22.7 Å². The standard InChI is InChI=1S/C20H28N2O2/c1-11(2)21-16-8-9-17(24-5)18(13(16)4)20(23)22-19-12(3)14-6-7-15(19)10-14/h8-9,12,14-15,19H,6-7,10H2,1-5H3,(H,22,23). The van der Waals surface area contributed by atoms with Crippen molar-refractivity contribution >= 4 is 17.3 Å². The van der Waals surface area contributed by atoms with Crippen LogP contribution < -0.4 is 10.1 Å². The summed E-state index contributed by atoms with van der Waals surface area (Å²) >= 11 is 0. The summed E-state index contributed by atoms with van der Waals surface area (Å²) in [6.45, 7) is 8.14. The highest BCUT2D eigenvalue weighted by Crippen LogP contribution is 2.48. The molecule has 1 aromatic rings. The SMILES string of the molecule is COc1ccc(N=C(C)C)c(C)c1C(=O)NC1C2CCC(C2)C1C. The molecule has 0 aromatic heterocycles. The van der Waals surface area contributed by atoms with Crippen LogP contribution in [0, 0.1) is 24.7 Å². The molecule has 0 heterocycles. The summed E-state index contributed by atoms with van der Waals surface area (Å²) < 4.78 is 5.45. The Morgan fingerprint density at radius 3 is 2.54 bits per heavy atom. The summed E-state index contributed by atoms with van der Waals surface area (Å²) in [5.41, 5.74) is 3.30. The van der Waals surface area contributed by atoms with Gasteiger partial charge in [0.15, 0.2) is 0 Å². The second kappa shape index (κ2) is 6.58. The minimum atomic E-state index is -0.0282. The number of methoxy groups -OCH3 is 1. The van der Waals surface area contributed by atoms with Gasteiger partial charge in [-0.3, -0.25) is 9.79 Å². The van der Waals surface area contributed by atoms with Gasteiger partial charge in [-0.05, 0) is 75.5 Å². The Bertz CT molecular complexity index is 674. The van der Waals surface area contributed by atoms with Gasteiger partial charge in [-0.15, -0.1) is 0 Å². The van der Waals surface area contributed by atoms with E-state index in [4.69, 9.17) is 4.74 Å². The number of carbonyl (C=O) groups excluding carboxylic acids is 1. The quantitative estimate of drug-likeness (QED) is 0.839. The zero-order valence-electron chi connectivity index (χ0n) is 15.3. The molecule has 2 fully saturated rings. The number of carbonyl (C=O) groups is 1. The van der Waals surface area contributed by atoms with E-state index < -0.39 is 0 Å². The van der Waals surface area contributed by atoms with Crippen molar-refractivity contribution in [3.05, 3.63) is 23.3 Å². The molecule has 1 aromatic carbocycles. The molecule has 0 aliphatic heterocycles. The third-order valence-corrected chi connectivity index (χ3v) is 5.82. The lowest BCUT2D eigenvalue weighted by Gasteiger charge is -2.29. The van der Waals surface area contributed by atoms with Crippen LogP contribution in [0.15, 0.2) is 17.1 Å². The van der Waals surface area contributed by atoms with E-state index in [-0.39, 0.29) is 5.91 Å². The Kier molecular flexibility index (Phi) is 4.66. The number of ether oxygens (including phenoxy) is 1. The predicted octanol–water partition coefficient (Wildman–Crippen LogP) is 4.28. The Labute approximate surface area is 144 Å². The van der Waals surface area contributed by atoms with Crippen molar-refractivity contribution in [2.45, 2.75) is 53.0 Å². The molecular formula is C20H28N2O2. The Balaban J connectivity index is 1.90. The first-order valence-corrected chi connectivity index (χ1v) is 8.92. The molecule has 2 aliphatic carbocycles. The van der Waals surface area contributed by atoms with Gasteiger partial charge in [0.1, 0.15) is 5.75 Å². The fourth-order valence-electron chi connectivity index (χ4n) is 4.54. The molecule has 4 atom stereocenters. The fourth-order valence-corrected chi connectivity index (χ4v) is 4.54. The third kappa shape index (κ3) is 2.94. The van der Waals surface area contributed by atoms with Crippen molar-refractivity contribution < 1.29 is 9.53 Å². The van der Waals surface area contributed by atoms with Crippen molar-refractivity contribution in [2.75, 3.05) is 7.11 Å². The highest BCUT2D eigenvalue weighted by Gasteiger charge is 2.46. The van der Waals surface area contributed by atoms with Crippen LogP contribution in [0.4, 0.5) is 5.69 Å². The summed E-state index contributed by atoms with van der Waals surface area (Å²) in [7, 11) is 1.61. The fraction of sp³-hybridized carbons (Fsp3) is 0.600. The van der Waals surface area contributed by atoms with Gasteiger partial charge in [-0.1, -0.05) is 6.92 Å². The molecule has 0 spiro atoms. The zero-order valence-corrected chi connectivity index (χ0v) is 15.3. The predicted molar refractivity (Wildman–Crippen MR) is 97.4 cm³/mol. The molecular weight excluding hydrogens is 300 g/mol. The Morgan fingerprint density at radius 2 is 1.96 bits per heavy atom. The van der Waals surface area contributed by atoms with Crippen LogP contribution >= 0.6 is 0 Å². The average molecular weight is 328 g/mol. The van der Waals surface area contributed by atoms with E-state index in [9.17, 15) is 4.79 Å². The second-order valence-electron chi connectivity index (χ2n) is 7.54. The maximum atomic E-state index is 13.0. The topological polar surface area (TPSA) is 50.7 Å². The number of hydrogen-bond donors (Lipinski definition) is 1. The maximum absolute atomic E-state index is 13.0. The largest absolute Gasteiger partial charge is 0.496 e. The average Bonchev–Trinajstić information content (AvgIpc) is 3.11. The molecule has 2 bridgehead atoms. The molecule has 1 amide bonds. The molecule has 0 radical (unpaired) electrons. The van der Waals surface area contributed by atoms with E-state index in [0.29, 0.717) is 29.2 Å². The van der Waals surface area contributed by atoms with Gasteiger partial charge in [0.05, 0.1) is 18.4 Å². The maximum Gasteiger partial charge on any atom is 0.255 e. The molecule has 4 unspecified atom stereocenters. The molecule has 24 heavy (non-hydrogen) atoms. The number of fused-ring (bicyclic) bond motifs is 2. The van der Waals surface area contributed by atoms with Crippen molar-refractivity contribution in [1.82, 2.24) is 5.32 Å². The molecule has 0 saturated heterocycles. The van der Waals surface area contributed by atoms with Crippen molar-refractivity contribution in [3.8, 4) is 5.75 Å². The van der Waals surface area contributed by atoms with E-state index in [1.165, 1.54) is 19.3 Å². The van der Waals surface area contributed by atoms with E-state index in [2.05, 4.69) is 17.2 Å². The van der Waals surface area contributed by atoms with Gasteiger partial charge in [0.2, 0.25) is 0 Å². The molecule has 2 saturated carbocycles. The molecule has 3 rings (SSSR count). The molecule has 1 N–H and O–H groups in total. The van der Waals surface area contributed by atoms with Gasteiger partial charge < -0.3 is 10.1 Å². The van der Waals surface area contributed by atoms with Crippen LogP contribution in [-0.4, -0.2) is 24.8 Å². The van der Waals surface area contributed by atoms with Gasteiger partial charge in [-0.2, -0.15) is 0 Å².